The first-order valence-electron chi connectivity index (χ1n) is 5.36. The molecule has 3 heteroatoms. The van der Waals surface area contributed by atoms with E-state index in [0.29, 0.717) is 6.61 Å². The molecule has 0 spiro atoms. The molecule has 2 nitrogen and oxygen atoms in total. The molecule has 0 aliphatic rings. The minimum absolute atomic E-state index is 0.587. The van der Waals surface area contributed by atoms with Gasteiger partial charge in [0.2, 0.25) is 0 Å². The van der Waals surface area contributed by atoms with Gasteiger partial charge in [-0.2, -0.15) is 0 Å². The van der Waals surface area contributed by atoms with Gasteiger partial charge in [-0.3, -0.25) is 0 Å². The first kappa shape index (κ1) is 11.3. The molecule has 0 bridgehead atoms. The Balaban J connectivity index is 2.21. The van der Waals surface area contributed by atoms with Crippen molar-refractivity contribution < 1.29 is 4.74 Å². The largest absolute Gasteiger partial charge is 0.378 e. The van der Waals surface area contributed by atoms with Crippen molar-refractivity contribution in [3.8, 4) is 10.6 Å². The number of ether oxygens (including phenoxy) is 1. The molecule has 0 aliphatic heterocycles. The van der Waals surface area contributed by atoms with Crippen molar-refractivity contribution in [2.75, 3.05) is 7.11 Å². The Morgan fingerprint density at radius 3 is 2.62 bits per heavy atom. The van der Waals surface area contributed by atoms with E-state index in [4.69, 9.17) is 4.74 Å². The van der Waals surface area contributed by atoms with Crippen LogP contribution in [0.2, 0.25) is 0 Å². The molecule has 0 saturated carbocycles. The van der Waals surface area contributed by atoms with E-state index in [1.165, 1.54) is 11.1 Å². The van der Waals surface area contributed by atoms with Gasteiger partial charge in [-0.05, 0) is 12.0 Å². The molecule has 16 heavy (non-hydrogen) atoms. The molecule has 0 aliphatic carbocycles. The van der Waals surface area contributed by atoms with Gasteiger partial charge in [0.1, 0.15) is 5.01 Å². The highest BCUT2D eigenvalue weighted by atomic mass is 32.1. The van der Waals surface area contributed by atoms with Crippen LogP contribution in [0.5, 0.6) is 0 Å². The van der Waals surface area contributed by atoms with Gasteiger partial charge < -0.3 is 4.74 Å². The monoisotopic (exact) mass is 233 g/mol. The van der Waals surface area contributed by atoms with Crippen LogP contribution < -0.4 is 0 Å². The fourth-order valence-electron chi connectivity index (χ4n) is 1.54. The summed E-state index contributed by atoms with van der Waals surface area (Å²) in [7, 11) is 1.69. The van der Waals surface area contributed by atoms with Crippen molar-refractivity contribution in [2.24, 2.45) is 0 Å². The Hall–Kier alpha value is -1.19. The number of thiazole rings is 1. The maximum Gasteiger partial charge on any atom is 0.123 e. The van der Waals surface area contributed by atoms with Crippen molar-refractivity contribution >= 4 is 11.3 Å². The van der Waals surface area contributed by atoms with Gasteiger partial charge in [0.05, 0.1) is 12.3 Å². The smallest absolute Gasteiger partial charge is 0.123 e. The number of aryl methyl sites for hydroxylation is 1. The summed E-state index contributed by atoms with van der Waals surface area (Å²) in [6, 6.07) is 8.59. The Morgan fingerprint density at radius 1 is 1.25 bits per heavy atom. The predicted octanol–water partition coefficient (Wildman–Crippen LogP) is 3.52. The van der Waals surface area contributed by atoms with Gasteiger partial charge in [0, 0.05) is 18.1 Å². The van der Waals surface area contributed by atoms with E-state index in [-0.39, 0.29) is 0 Å². The van der Waals surface area contributed by atoms with Gasteiger partial charge in [-0.15, -0.1) is 11.3 Å². The summed E-state index contributed by atoms with van der Waals surface area (Å²) < 4.78 is 5.06. The van der Waals surface area contributed by atoms with E-state index in [1.807, 2.05) is 5.38 Å². The molecule has 0 N–H and O–H groups in total. The zero-order chi connectivity index (χ0) is 11.4. The van der Waals surface area contributed by atoms with Gasteiger partial charge in [0.15, 0.2) is 0 Å². The molecular formula is C13H15NOS. The number of benzene rings is 1. The van der Waals surface area contributed by atoms with Gasteiger partial charge in [-0.25, -0.2) is 4.98 Å². The average Bonchev–Trinajstić information content (AvgIpc) is 2.78. The van der Waals surface area contributed by atoms with Crippen molar-refractivity contribution in [3.05, 3.63) is 40.9 Å². The number of hydrogen-bond acceptors (Lipinski definition) is 3. The lowest BCUT2D eigenvalue weighted by Crippen LogP contribution is -1.87. The Morgan fingerprint density at radius 2 is 2.00 bits per heavy atom. The van der Waals surface area contributed by atoms with Gasteiger partial charge in [0.25, 0.3) is 0 Å². The van der Waals surface area contributed by atoms with E-state index in [2.05, 4.69) is 36.2 Å². The van der Waals surface area contributed by atoms with Crippen LogP contribution in [0.4, 0.5) is 0 Å². The van der Waals surface area contributed by atoms with Gasteiger partial charge >= 0.3 is 0 Å². The standard InChI is InChI=1S/C13H15NOS/c1-3-10-4-6-11(7-5-10)13-14-12(8-15-2)9-16-13/h4-7,9H,3,8H2,1-2H3. The number of aromatic nitrogens is 1. The van der Waals surface area contributed by atoms with Crippen LogP contribution >= 0.6 is 11.3 Å². The maximum absolute atomic E-state index is 5.06. The van der Waals surface area contributed by atoms with Crippen LogP contribution in [0.1, 0.15) is 18.2 Å². The normalized spacial score (nSPS) is 10.6. The summed E-state index contributed by atoms with van der Waals surface area (Å²) >= 11 is 1.66. The fraction of sp³-hybridized carbons (Fsp3) is 0.308. The lowest BCUT2D eigenvalue weighted by molar-refractivity contribution is 0.182. The molecule has 84 valence electrons. The summed E-state index contributed by atoms with van der Waals surface area (Å²) in [5.41, 5.74) is 3.55. The Kier molecular flexibility index (Phi) is 3.70. The molecule has 0 amide bonds. The van der Waals surface area contributed by atoms with Gasteiger partial charge in [-0.1, -0.05) is 31.2 Å². The molecule has 0 atom stereocenters. The lowest BCUT2D eigenvalue weighted by Gasteiger charge is -1.98. The second-order valence-electron chi connectivity index (χ2n) is 3.63. The highest BCUT2D eigenvalue weighted by Crippen LogP contribution is 2.24. The average molecular weight is 233 g/mol. The Labute approximate surface area is 99.9 Å². The molecule has 1 aromatic heterocycles. The molecule has 2 rings (SSSR count). The van der Waals surface area contributed by atoms with Crippen LogP contribution in [-0.2, 0) is 17.8 Å². The highest BCUT2D eigenvalue weighted by molar-refractivity contribution is 7.13. The third-order valence-electron chi connectivity index (χ3n) is 2.45. The number of nitrogens with zero attached hydrogens (tertiary/aromatic N) is 1. The van der Waals surface area contributed by atoms with Crippen LogP contribution in [-0.4, -0.2) is 12.1 Å². The first-order valence-corrected chi connectivity index (χ1v) is 6.24. The molecule has 2 aromatic rings. The van der Waals surface area contributed by atoms with E-state index in [1.54, 1.807) is 18.4 Å². The summed E-state index contributed by atoms with van der Waals surface area (Å²) in [6.07, 6.45) is 1.08. The molecule has 0 unspecified atom stereocenters. The second kappa shape index (κ2) is 5.23. The fourth-order valence-corrected chi connectivity index (χ4v) is 2.35. The highest BCUT2D eigenvalue weighted by Gasteiger charge is 2.04. The van der Waals surface area contributed by atoms with Crippen molar-refractivity contribution in [2.45, 2.75) is 20.0 Å². The predicted molar refractivity (Wildman–Crippen MR) is 67.6 cm³/mol. The van der Waals surface area contributed by atoms with Crippen LogP contribution in [0.3, 0.4) is 0 Å². The van der Waals surface area contributed by atoms with E-state index in [0.717, 1.165) is 17.1 Å². The first-order chi connectivity index (χ1) is 7.83. The molecule has 0 fully saturated rings. The number of hydrogen-bond donors (Lipinski definition) is 0. The maximum atomic E-state index is 5.06. The molecule has 0 radical (unpaired) electrons. The zero-order valence-corrected chi connectivity index (χ0v) is 10.4. The van der Waals surface area contributed by atoms with Crippen LogP contribution in [0.15, 0.2) is 29.6 Å². The Bertz CT molecular complexity index is 447. The molecule has 1 heterocycles. The third-order valence-corrected chi connectivity index (χ3v) is 3.39. The third kappa shape index (κ3) is 2.49. The lowest BCUT2D eigenvalue weighted by atomic mass is 10.1. The molecular weight excluding hydrogens is 218 g/mol. The van der Waals surface area contributed by atoms with E-state index >= 15 is 0 Å². The summed E-state index contributed by atoms with van der Waals surface area (Å²) in [6.45, 7) is 2.75. The number of rotatable bonds is 4. The van der Waals surface area contributed by atoms with Crippen molar-refractivity contribution in [3.63, 3.8) is 0 Å². The quantitative estimate of drug-likeness (QED) is 0.806. The van der Waals surface area contributed by atoms with E-state index < -0.39 is 0 Å². The summed E-state index contributed by atoms with van der Waals surface area (Å²) in [5.74, 6) is 0. The number of methoxy groups -OCH3 is 1. The molecule has 1 aromatic carbocycles. The minimum Gasteiger partial charge on any atom is -0.378 e. The topological polar surface area (TPSA) is 22.1 Å². The molecule has 0 saturated heterocycles. The minimum atomic E-state index is 0.587. The van der Waals surface area contributed by atoms with E-state index in [9.17, 15) is 0 Å². The summed E-state index contributed by atoms with van der Waals surface area (Å²) in [4.78, 5) is 4.52. The van der Waals surface area contributed by atoms with Crippen molar-refractivity contribution in [1.82, 2.24) is 4.98 Å². The van der Waals surface area contributed by atoms with Crippen LogP contribution in [0.25, 0.3) is 10.6 Å². The summed E-state index contributed by atoms with van der Waals surface area (Å²) in [5, 5.41) is 3.11. The second-order valence-corrected chi connectivity index (χ2v) is 4.49. The van der Waals surface area contributed by atoms with Crippen LogP contribution in [0, 0.1) is 0 Å². The zero-order valence-electron chi connectivity index (χ0n) is 9.56. The SMILES string of the molecule is CCc1ccc(-c2nc(COC)cs2)cc1. The van der Waals surface area contributed by atoms with Crippen molar-refractivity contribution in [1.29, 1.82) is 0 Å².